The zero-order valence-electron chi connectivity index (χ0n) is 13.6. The van der Waals surface area contributed by atoms with Crippen molar-refractivity contribution in [3.8, 4) is 0 Å². The topological polar surface area (TPSA) is 65.1 Å². The van der Waals surface area contributed by atoms with Gasteiger partial charge in [-0.1, -0.05) is 42.5 Å². The Labute approximate surface area is 140 Å². The molecule has 3 rings (SSSR count). The van der Waals surface area contributed by atoms with Crippen LogP contribution in [0.15, 0.2) is 54.6 Å². The zero-order valence-corrected chi connectivity index (χ0v) is 14.5. The van der Waals surface area contributed by atoms with Crippen LogP contribution in [0.2, 0.25) is 0 Å². The minimum atomic E-state index is -3.88. The molecule has 0 fully saturated rings. The van der Waals surface area contributed by atoms with Crippen molar-refractivity contribution in [3.05, 3.63) is 65.7 Å². The Bertz CT molecular complexity index is 802. The first-order valence-corrected chi connectivity index (χ1v) is 8.88. The first-order valence-electron chi connectivity index (χ1n) is 7.33. The van der Waals surface area contributed by atoms with Crippen molar-refractivity contribution >= 4 is 19.3 Å². The fraction of sp³-hybridized carbons (Fsp3) is 0.235. The number of nitrogens with zero attached hydrogens (tertiary/aromatic N) is 1. The van der Waals surface area contributed by atoms with Gasteiger partial charge < -0.3 is 18.7 Å². The van der Waals surface area contributed by atoms with Gasteiger partial charge in [-0.25, -0.2) is 4.79 Å². The fourth-order valence-electron chi connectivity index (χ4n) is 2.98. The smallest absolute Gasteiger partial charge is 0.399 e. The lowest BCUT2D eigenvalue weighted by Gasteiger charge is -2.47. The molecule has 1 heterocycles. The first-order chi connectivity index (χ1) is 11.5. The van der Waals surface area contributed by atoms with Gasteiger partial charge in [-0.3, -0.25) is 4.57 Å². The lowest BCUT2D eigenvalue weighted by atomic mass is 10.1. The van der Waals surface area contributed by atoms with Gasteiger partial charge in [0.15, 0.2) is 0 Å². The third kappa shape index (κ3) is 2.18. The molecule has 6 nitrogen and oxygen atoms in total. The molecule has 0 aliphatic carbocycles. The number of rotatable bonds is 4. The Kier molecular flexibility index (Phi) is 4.22. The molecule has 0 amide bonds. The molecular formula is C17H18NO5P. The van der Waals surface area contributed by atoms with E-state index in [0.717, 1.165) is 0 Å². The van der Waals surface area contributed by atoms with Crippen LogP contribution in [0, 0.1) is 0 Å². The lowest BCUT2D eigenvalue weighted by Crippen LogP contribution is -2.51. The summed E-state index contributed by atoms with van der Waals surface area (Å²) in [6.07, 6.45) is 0. The molecule has 2 aromatic carbocycles. The number of fused-ring (bicyclic) bond motifs is 1. The fourth-order valence-corrected chi connectivity index (χ4v) is 4.76. The number of carbonyl (C=O) groups excluding carboxylic acids is 1. The summed E-state index contributed by atoms with van der Waals surface area (Å²) in [7, 11) is 0.372. The van der Waals surface area contributed by atoms with Gasteiger partial charge in [-0.2, -0.15) is 0 Å². The van der Waals surface area contributed by atoms with E-state index in [9.17, 15) is 9.36 Å². The minimum absolute atomic E-state index is 0.394. The summed E-state index contributed by atoms with van der Waals surface area (Å²) < 4.78 is 29.6. The van der Waals surface area contributed by atoms with Crippen LogP contribution in [0.4, 0.5) is 5.69 Å². The minimum Gasteiger partial charge on any atom is -0.418 e. The molecule has 7 heteroatoms. The van der Waals surface area contributed by atoms with Gasteiger partial charge in [-0.15, -0.1) is 0 Å². The molecule has 1 aliphatic heterocycles. The second-order valence-electron chi connectivity index (χ2n) is 5.30. The number of carbonyl (C=O) groups is 1. The molecule has 0 bridgehead atoms. The SMILES string of the molecule is COP(=O)(OC)C1(c2ccccc2)OC(=O)c2ccccc2N1C. The number of para-hydroxylation sites is 1. The maximum absolute atomic E-state index is 13.4. The molecule has 0 saturated heterocycles. The second kappa shape index (κ2) is 6.06. The van der Waals surface area contributed by atoms with Gasteiger partial charge >= 0.3 is 19.0 Å². The van der Waals surface area contributed by atoms with E-state index in [1.165, 1.54) is 14.2 Å². The molecule has 0 spiro atoms. The number of anilines is 1. The van der Waals surface area contributed by atoms with E-state index < -0.39 is 19.0 Å². The van der Waals surface area contributed by atoms with Crippen molar-refractivity contribution < 1.29 is 23.1 Å². The predicted molar refractivity (Wildman–Crippen MR) is 90.0 cm³/mol. The van der Waals surface area contributed by atoms with Crippen LogP contribution >= 0.6 is 7.60 Å². The van der Waals surface area contributed by atoms with Crippen LogP contribution in [0.5, 0.6) is 0 Å². The standard InChI is InChI=1S/C17H18NO5P/c1-18-15-12-8-7-11-14(15)16(19)23-17(18,24(20,21-2)22-3)13-9-5-4-6-10-13/h4-12H,1-3H3. The largest absolute Gasteiger partial charge is 0.418 e. The summed E-state index contributed by atoms with van der Waals surface area (Å²) in [5.74, 6) is -0.582. The van der Waals surface area contributed by atoms with Crippen molar-refractivity contribution in [2.45, 2.75) is 5.47 Å². The van der Waals surface area contributed by atoms with Gasteiger partial charge in [0.25, 0.3) is 0 Å². The highest BCUT2D eigenvalue weighted by molar-refractivity contribution is 7.55. The molecule has 2 aromatic rings. The van der Waals surface area contributed by atoms with Crippen molar-refractivity contribution in [2.24, 2.45) is 0 Å². The van der Waals surface area contributed by atoms with Crippen LogP contribution in [-0.2, 0) is 23.8 Å². The third-order valence-corrected chi connectivity index (χ3v) is 6.53. The normalized spacial score (nSPS) is 20.5. The molecule has 126 valence electrons. The summed E-state index contributed by atoms with van der Waals surface area (Å²) in [6.45, 7) is 0. The highest BCUT2D eigenvalue weighted by Crippen LogP contribution is 2.67. The first kappa shape index (κ1) is 16.7. The van der Waals surface area contributed by atoms with E-state index in [1.54, 1.807) is 60.5 Å². The molecule has 0 saturated carbocycles. The van der Waals surface area contributed by atoms with E-state index >= 15 is 0 Å². The Hall–Kier alpha value is -2.14. The monoisotopic (exact) mass is 347 g/mol. The Balaban J connectivity index is 2.32. The molecule has 1 unspecified atom stereocenters. The molecule has 1 aliphatic rings. The maximum atomic E-state index is 13.4. The summed E-state index contributed by atoms with van der Waals surface area (Å²) in [6, 6.07) is 15.8. The number of benzene rings is 2. The van der Waals surface area contributed by atoms with Crippen LogP contribution in [-0.4, -0.2) is 27.2 Å². The number of ether oxygens (including phenoxy) is 1. The Morgan fingerprint density at radius 1 is 1.00 bits per heavy atom. The van der Waals surface area contributed by atoms with E-state index in [1.807, 2.05) is 6.07 Å². The highest BCUT2D eigenvalue weighted by Gasteiger charge is 2.61. The van der Waals surface area contributed by atoms with Gasteiger partial charge in [0.1, 0.15) is 0 Å². The van der Waals surface area contributed by atoms with Crippen LogP contribution < -0.4 is 4.90 Å². The van der Waals surface area contributed by atoms with Crippen LogP contribution in [0.25, 0.3) is 0 Å². The van der Waals surface area contributed by atoms with Crippen LogP contribution in [0.1, 0.15) is 15.9 Å². The van der Waals surface area contributed by atoms with Gasteiger partial charge in [0, 0.05) is 26.8 Å². The third-order valence-electron chi connectivity index (χ3n) is 4.18. The molecule has 24 heavy (non-hydrogen) atoms. The molecule has 0 radical (unpaired) electrons. The number of cyclic esters (lactones) is 1. The zero-order chi connectivity index (χ0) is 17.4. The molecule has 0 aromatic heterocycles. The average molecular weight is 347 g/mol. The van der Waals surface area contributed by atoms with Crippen molar-refractivity contribution in [1.29, 1.82) is 0 Å². The van der Waals surface area contributed by atoms with Crippen molar-refractivity contribution in [3.63, 3.8) is 0 Å². The lowest BCUT2D eigenvalue weighted by molar-refractivity contribution is -0.00206. The van der Waals surface area contributed by atoms with Gasteiger partial charge in [0.05, 0.1) is 11.3 Å². The summed E-state index contributed by atoms with van der Waals surface area (Å²) in [5.41, 5.74) is -0.219. The quantitative estimate of drug-likeness (QED) is 0.622. The van der Waals surface area contributed by atoms with Gasteiger partial charge in [0.2, 0.25) is 0 Å². The van der Waals surface area contributed by atoms with E-state index in [4.69, 9.17) is 13.8 Å². The summed E-state index contributed by atoms with van der Waals surface area (Å²) in [5, 5.41) is 0. The van der Waals surface area contributed by atoms with Crippen molar-refractivity contribution in [2.75, 3.05) is 26.2 Å². The maximum Gasteiger partial charge on any atom is 0.399 e. The molecule has 1 atom stereocenters. The van der Waals surface area contributed by atoms with E-state index in [0.29, 0.717) is 16.8 Å². The molecular weight excluding hydrogens is 329 g/mol. The Morgan fingerprint density at radius 3 is 2.21 bits per heavy atom. The predicted octanol–water partition coefficient (Wildman–Crippen LogP) is 3.59. The molecule has 0 N–H and O–H groups in total. The van der Waals surface area contributed by atoms with Crippen molar-refractivity contribution in [1.82, 2.24) is 0 Å². The van der Waals surface area contributed by atoms with E-state index in [2.05, 4.69) is 0 Å². The average Bonchev–Trinajstić information content (AvgIpc) is 2.64. The van der Waals surface area contributed by atoms with E-state index in [-0.39, 0.29) is 0 Å². The number of esters is 1. The summed E-state index contributed by atoms with van der Waals surface area (Å²) in [4.78, 5) is 14.2. The highest BCUT2D eigenvalue weighted by atomic mass is 31.2. The van der Waals surface area contributed by atoms with Crippen LogP contribution in [0.3, 0.4) is 0 Å². The van der Waals surface area contributed by atoms with Gasteiger partial charge in [-0.05, 0) is 12.1 Å². The summed E-state index contributed by atoms with van der Waals surface area (Å²) >= 11 is 0. The number of hydrogen-bond acceptors (Lipinski definition) is 6. The Morgan fingerprint density at radius 2 is 1.58 bits per heavy atom. The number of hydrogen-bond donors (Lipinski definition) is 0. The second-order valence-corrected chi connectivity index (χ2v) is 7.63.